The fourth-order valence-electron chi connectivity index (χ4n) is 0.902. The molecule has 1 rings (SSSR count). The minimum atomic E-state index is 0.834. The Hall–Kier alpha value is -0.430. The van der Waals surface area contributed by atoms with Crippen molar-refractivity contribution in [2.75, 3.05) is 0 Å². The van der Waals surface area contributed by atoms with Crippen LogP contribution in [0.1, 0.15) is 16.7 Å². The normalized spacial score (nSPS) is 9.90. The van der Waals surface area contributed by atoms with Crippen LogP contribution in [0.4, 0.5) is 0 Å². The summed E-state index contributed by atoms with van der Waals surface area (Å²) in [4.78, 5) is 0. The maximum atomic E-state index is 4.19. The van der Waals surface area contributed by atoms with Gasteiger partial charge < -0.3 is 0 Å². The highest BCUT2D eigenvalue weighted by Gasteiger charge is 1.92. The Morgan fingerprint density at radius 1 is 1.20 bits per heavy atom. The highest BCUT2D eigenvalue weighted by Crippen LogP contribution is 2.10. The zero-order chi connectivity index (χ0) is 7.56. The number of thiol groups is 1. The largest absolute Gasteiger partial charge is 0.175 e. The van der Waals surface area contributed by atoms with Gasteiger partial charge in [-0.05, 0) is 30.5 Å². The molecule has 0 N–H and O–H groups in total. The summed E-state index contributed by atoms with van der Waals surface area (Å²) in [5, 5.41) is 0. The van der Waals surface area contributed by atoms with E-state index in [-0.39, 0.29) is 0 Å². The van der Waals surface area contributed by atoms with Crippen molar-refractivity contribution in [3.05, 3.63) is 34.9 Å². The first-order chi connectivity index (χ1) is 4.74. The van der Waals surface area contributed by atoms with Crippen molar-refractivity contribution < 1.29 is 0 Å². The van der Waals surface area contributed by atoms with E-state index in [1.54, 1.807) is 0 Å². The molecule has 1 aromatic carbocycles. The van der Waals surface area contributed by atoms with Crippen LogP contribution in [-0.4, -0.2) is 0 Å². The van der Waals surface area contributed by atoms with Crippen LogP contribution >= 0.6 is 12.6 Å². The Kier molecular flexibility index (Phi) is 2.39. The zero-order valence-corrected chi connectivity index (χ0v) is 7.28. The molecule has 0 aliphatic rings. The lowest BCUT2D eigenvalue weighted by Crippen LogP contribution is -1.83. The summed E-state index contributed by atoms with van der Waals surface area (Å²) in [6.45, 7) is 4.25. The maximum Gasteiger partial charge on any atom is 0.0154 e. The molecular weight excluding hydrogens is 140 g/mol. The number of benzene rings is 1. The second kappa shape index (κ2) is 3.11. The third-order valence-electron chi connectivity index (χ3n) is 1.75. The smallest absolute Gasteiger partial charge is 0.0154 e. The molecule has 0 saturated carbocycles. The summed E-state index contributed by atoms with van der Waals surface area (Å²) in [6, 6.07) is 6.44. The molecule has 0 aliphatic heterocycles. The van der Waals surface area contributed by atoms with Crippen molar-refractivity contribution in [2.24, 2.45) is 0 Å². The molecule has 0 unspecified atom stereocenters. The van der Waals surface area contributed by atoms with E-state index in [2.05, 4.69) is 44.7 Å². The lowest BCUT2D eigenvalue weighted by atomic mass is 10.1. The van der Waals surface area contributed by atoms with E-state index in [0.717, 1.165) is 5.75 Å². The van der Waals surface area contributed by atoms with Crippen LogP contribution < -0.4 is 0 Å². The van der Waals surface area contributed by atoms with Gasteiger partial charge in [-0.1, -0.05) is 18.2 Å². The molecule has 0 bridgehead atoms. The molecule has 10 heavy (non-hydrogen) atoms. The van der Waals surface area contributed by atoms with E-state index in [0.29, 0.717) is 0 Å². The molecule has 0 radical (unpaired) electrons. The summed E-state index contributed by atoms with van der Waals surface area (Å²) >= 11 is 4.19. The van der Waals surface area contributed by atoms with Crippen molar-refractivity contribution in [2.45, 2.75) is 19.6 Å². The van der Waals surface area contributed by atoms with Crippen LogP contribution in [0, 0.1) is 13.8 Å². The van der Waals surface area contributed by atoms with Crippen molar-refractivity contribution in [1.82, 2.24) is 0 Å². The first-order valence-corrected chi connectivity index (χ1v) is 4.04. The van der Waals surface area contributed by atoms with Gasteiger partial charge >= 0.3 is 0 Å². The summed E-state index contributed by atoms with van der Waals surface area (Å²) in [6.07, 6.45) is 0. The standard InChI is InChI=1S/C9H12S/c1-7-3-4-9(6-10)5-8(7)2/h3-5,10H,6H2,1-2H3. The minimum absolute atomic E-state index is 0.834. The molecule has 0 spiro atoms. The fraction of sp³-hybridized carbons (Fsp3) is 0.333. The Morgan fingerprint density at radius 3 is 2.40 bits per heavy atom. The molecule has 0 fully saturated rings. The third-order valence-corrected chi connectivity index (χ3v) is 2.12. The Balaban J connectivity index is 3.04. The minimum Gasteiger partial charge on any atom is -0.175 e. The van der Waals surface area contributed by atoms with Gasteiger partial charge in [0.25, 0.3) is 0 Å². The monoisotopic (exact) mass is 152 g/mol. The van der Waals surface area contributed by atoms with Gasteiger partial charge in [0.2, 0.25) is 0 Å². The topological polar surface area (TPSA) is 0 Å². The average Bonchev–Trinajstić information content (AvgIpc) is 1.95. The quantitative estimate of drug-likeness (QED) is 0.588. The van der Waals surface area contributed by atoms with Crippen LogP contribution in [0.2, 0.25) is 0 Å². The molecule has 0 saturated heterocycles. The molecule has 0 nitrogen and oxygen atoms in total. The number of rotatable bonds is 1. The van der Waals surface area contributed by atoms with Gasteiger partial charge in [-0.15, -0.1) is 0 Å². The summed E-state index contributed by atoms with van der Waals surface area (Å²) in [5.41, 5.74) is 4.00. The predicted molar refractivity (Wildman–Crippen MR) is 48.6 cm³/mol. The van der Waals surface area contributed by atoms with Crippen molar-refractivity contribution in [3.8, 4) is 0 Å². The molecule has 0 heterocycles. The van der Waals surface area contributed by atoms with Crippen LogP contribution in [0.3, 0.4) is 0 Å². The number of hydrogen-bond acceptors (Lipinski definition) is 1. The van der Waals surface area contributed by atoms with E-state index in [1.807, 2.05) is 0 Å². The van der Waals surface area contributed by atoms with Gasteiger partial charge in [0.1, 0.15) is 0 Å². The van der Waals surface area contributed by atoms with Gasteiger partial charge in [0.15, 0.2) is 0 Å². The summed E-state index contributed by atoms with van der Waals surface area (Å²) < 4.78 is 0. The van der Waals surface area contributed by atoms with E-state index in [9.17, 15) is 0 Å². The average molecular weight is 152 g/mol. The Labute approximate surface area is 67.7 Å². The first kappa shape index (κ1) is 7.67. The summed E-state index contributed by atoms with van der Waals surface area (Å²) in [5.74, 6) is 0.834. The van der Waals surface area contributed by atoms with E-state index >= 15 is 0 Å². The zero-order valence-electron chi connectivity index (χ0n) is 6.39. The van der Waals surface area contributed by atoms with E-state index < -0.39 is 0 Å². The highest BCUT2D eigenvalue weighted by molar-refractivity contribution is 7.79. The predicted octanol–water partition coefficient (Wildman–Crippen LogP) is 2.73. The second-order valence-corrected chi connectivity index (χ2v) is 2.89. The lowest BCUT2D eigenvalue weighted by Gasteiger charge is -2.00. The van der Waals surface area contributed by atoms with E-state index in [4.69, 9.17) is 0 Å². The highest BCUT2D eigenvalue weighted by atomic mass is 32.1. The van der Waals surface area contributed by atoms with Gasteiger partial charge in [-0.2, -0.15) is 12.6 Å². The summed E-state index contributed by atoms with van der Waals surface area (Å²) in [7, 11) is 0. The van der Waals surface area contributed by atoms with Gasteiger partial charge in [0.05, 0.1) is 0 Å². The molecule has 0 aliphatic carbocycles. The first-order valence-electron chi connectivity index (χ1n) is 3.41. The SMILES string of the molecule is Cc1ccc(CS)cc1C. The Morgan fingerprint density at radius 2 is 1.90 bits per heavy atom. The van der Waals surface area contributed by atoms with Crippen LogP contribution in [0.5, 0.6) is 0 Å². The van der Waals surface area contributed by atoms with Crippen LogP contribution in [0.15, 0.2) is 18.2 Å². The fourth-order valence-corrected chi connectivity index (χ4v) is 1.10. The van der Waals surface area contributed by atoms with Crippen LogP contribution in [-0.2, 0) is 5.75 Å². The lowest BCUT2D eigenvalue weighted by molar-refractivity contribution is 1.29. The van der Waals surface area contributed by atoms with Crippen molar-refractivity contribution in [3.63, 3.8) is 0 Å². The van der Waals surface area contributed by atoms with Gasteiger partial charge in [-0.25, -0.2) is 0 Å². The Bertz CT molecular complexity index is 228. The third kappa shape index (κ3) is 1.54. The number of hydrogen-bond donors (Lipinski definition) is 1. The molecule has 1 aromatic rings. The molecule has 0 atom stereocenters. The number of aryl methyl sites for hydroxylation is 2. The molecule has 0 aromatic heterocycles. The van der Waals surface area contributed by atoms with E-state index in [1.165, 1.54) is 16.7 Å². The molecular formula is C9H12S. The van der Waals surface area contributed by atoms with Crippen LogP contribution in [0.25, 0.3) is 0 Å². The maximum absolute atomic E-state index is 4.19. The van der Waals surface area contributed by atoms with Gasteiger partial charge in [-0.3, -0.25) is 0 Å². The second-order valence-electron chi connectivity index (χ2n) is 2.58. The molecule has 54 valence electrons. The molecule has 1 heteroatoms. The van der Waals surface area contributed by atoms with Crippen molar-refractivity contribution >= 4 is 12.6 Å². The van der Waals surface area contributed by atoms with Gasteiger partial charge in [0, 0.05) is 5.75 Å². The molecule has 0 amide bonds. The van der Waals surface area contributed by atoms with Crippen molar-refractivity contribution in [1.29, 1.82) is 0 Å².